The summed E-state index contributed by atoms with van der Waals surface area (Å²) in [4.78, 5) is 10.3. The predicted octanol–water partition coefficient (Wildman–Crippen LogP) is 5.88. The van der Waals surface area contributed by atoms with Crippen molar-refractivity contribution in [1.82, 2.24) is 0 Å². The lowest BCUT2D eigenvalue weighted by molar-refractivity contribution is -0.104. The molecule has 0 bridgehead atoms. The van der Waals surface area contributed by atoms with E-state index in [9.17, 15) is 4.79 Å². The summed E-state index contributed by atoms with van der Waals surface area (Å²) in [5.74, 6) is 0. The second kappa shape index (κ2) is 11.9. The topological polar surface area (TPSA) is 17.1 Å². The van der Waals surface area contributed by atoms with E-state index >= 15 is 0 Å². The molecule has 0 aromatic carbocycles. The van der Waals surface area contributed by atoms with Crippen LogP contribution in [0.4, 0.5) is 0 Å². The Morgan fingerprint density at radius 2 is 1.38 bits per heavy atom. The second-order valence-electron chi connectivity index (χ2n) is 5.51. The number of allylic oxidation sites excluding steroid dienone is 12. The van der Waals surface area contributed by atoms with E-state index in [0.717, 1.165) is 24.7 Å². The number of hydrogen-bond acceptors (Lipinski definition) is 1. The molecule has 1 nitrogen and oxygen atoms in total. The number of rotatable bonds is 8. The molecule has 0 aliphatic heterocycles. The quantitative estimate of drug-likeness (QED) is 0.235. The summed E-state index contributed by atoms with van der Waals surface area (Å²) >= 11 is 0. The highest BCUT2D eigenvalue weighted by molar-refractivity contribution is 5.66. The van der Waals surface area contributed by atoms with E-state index in [4.69, 9.17) is 0 Å². The second-order valence-corrected chi connectivity index (χ2v) is 5.51. The van der Waals surface area contributed by atoms with E-state index in [1.165, 1.54) is 16.7 Å². The standard InChI is InChI=1S/C20H28O/c1-17(2)9-6-10-18(3)11-7-12-19(4)13-8-14-20(5)15-16-21/h7-9,11-16H,6,10H2,1-5H3/b12-7+,14-8+,18-11+,19-13+,20-15+. The molecule has 0 heterocycles. The van der Waals surface area contributed by atoms with Gasteiger partial charge in [-0.1, -0.05) is 59.3 Å². The molecule has 0 amide bonds. The summed E-state index contributed by atoms with van der Waals surface area (Å²) in [6.45, 7) is 10.4. The molecule has 0 atom stereocenters. The molecule has 0 aromatic rings. The molecule has 0 fully saturated rings. The van der Waals surface area contributed by atoms with Gasteiger partial charge in [-0.05, 0) is 59.1 Å². The third-order valence-electron chi connectivity index (χ3n) is 2.88. The van der Waals surface area contributed by atoms with Crippen molar-refractivity contribution in [3.63, 3.8) is 0 Å². The Morgan fingerprint density at radius 3 is 1.95 bits per heavy atom. The molecule has 0 rings (SSSR count). The lowest BCUT2D eigenvalue weighted by Crippen LogP contribution is -1.76. The first-order valence-electron chi connectivity index (χ1n) is 7.40. The van der Waals surface area contributed by atoms with E-state index < -0.39 is 0 Å². The molecule has 0 spiro atoms. The minimum atomic E-state index is 0.805. The van der Waals surface area contributed by atoms with Crippen LogP contribution in [0, 0.1) is 0 Å². The van der Waals surface area contributed by atoms with Gasteiger partial charge in [0.1, 0.15) is 6.29 Å². The molecule has 0 aromatic heterocycles. The molecule has 0 aliphatic rings. The zero-order chi connectivity index (χ0) is 16.1. The zero-order valence-electron chi connectivity index (χ0n) is 14.0. The van der Waals surface area contributed by atoms with Gasteiger partial charge in [-0.3, -0.25) is 4.79 Å². The summed E-state index contributed by atoms with van der Waals surface area (Å²) in [6.07, 6.45) is 19.1. The van der Waals surface area contributed by atoms with Crippen LogP contribution in [0.25, 0.3) is 0 Å². The summed E-state index contributed by atoms with van der Waals surface area (Å²) in [6, 6.07) is 0. The molecule has 0 N–H and O–H groups in total. The van der Waals surface area contributed by atoms with Crippen LogP contribution in [-0.2, 0) is 4.79 Å². The van der Waals surface area contributed by atoms with E-state index in [2.05, 4.69) is 52.0 Å². The van der Waals surface area contributed by atoms with Gasteiger partial charge in [0.25, 0.3) is 0 Å². The van der Waals surface area contributed by atoms with Gasteiger partial charge in [0.05, 0.1) is 0 Å². The van der Waals surface area contributed by atoms with Gasteiger partial charge in [-0.2, -0.15) is 0 Å². The number of carbonyl (C=O) groups excluding carboxylic acids is 1. The van der Waals surface area contributed by atoms with Crippen molar-refractivity contribution in [2.45, 2.75) is 47.5 Å². The van der Waals surface area contributed by atoms with E-state index in [0.29, 0.717) is 0 Å². The molecular formula is C20H28O. The largest absolute Gasteiger partial charge is 0.299 e. The van der Waals surface area contributed by atoms with Gasteiger partial charge in [0.2, 0.25) is 0 Å². The van der Waals surface area contributed by atoms with Crippen molar-refractivity contribution in [3.05, 3.63) is 70.9 Å². The highest BCUT2D eigenvalue weighted by atomic mass is 16.1. The lowest BCUT2D eigenvalue weighted by atomic mass is 10.1. The maximum Gasteiger partial charge on any atom is 0.143 e. The fourth-order valence-electron chi connectivity index (χ4n) is 1.61. The van der Waals surface area contributed by atoms with Crippen molar-refractivity contribution < 1.29 is 4.79 Å². The van der Waals surface area contributed by atoms with E-state index in [-0.39, 0.29) is 0 Å². The Morgan fingerprint density at radius 1 is 0.810 bits per heavy atom. The van der Waals surface area contributed by atoms with Gasteiger partial charge < -0.3 is 0 Å². The number of aldehydes is 1. The smallest absolute Gasteiger partial charge is 0.143 e. The maximum atomic E-state index is 10.3. The molecule has 21 heavy (non-hydrogen) atoms. The number of carbonyl (C=O) groups is 1. The van der Waals surface area contributed by atoms with Crippen LogP contribution < -0.4 is 0 Å². The summed E-state index contributed by atoms with van der Waals surface area (Å²) in [7, 11) is 0. The molecule has 0 saturated carbocycles. The number of hydrogen-bond donors (Lipinski definition) is 0. The van der Waals surface area contributed by atoms with Gasteiger partial charge in [-0.25, -0.2) is 0 Å². The molecule has 1 heteroatoms. The van der Waals surface area contributed by atoms with Crippen LogP contribution in [0.2, 0.25) is 0 Å². The Kier molecular flexibility index (Phi) is 10.8. The SMILES string of the molecule is CC(C)=CCC/C(C)=C/C=C/C(C)=C/C=C/C(C)=C/C=O. The summed E-state index contributed by atoms with van der Waals surface area (Å²) < 4.78 is 0. The molecule has 0 unspecified atom stereocenters. The Bertz CT molecular complexity index is 490. The average Bonchev–Trinajstić information content (AvgIpc) is 2.38. The summed E-state index contributed by atoms with van der Waals surface area (Å²) in [5, 5.41) is 0. The third kappa shape index (κ3) is 12.9. The summed E-state index contributed by atoms with van der Waals surface area (Å²) in [5.41, 5.74) is 4.89. The Balaban J connectivity index is 4.36. The first kappa shape index (κ1) is 19.1. The zero-order valence-corrected chi connectivity index (χ0v) is 14.0. The first-order valence-corrected chi connectivity index (χ1v) is 7.40. The van der Waals surface area contributed by atoms with Gasteiger partial charge in [0, 0.05) is 0 Å². The van der Waals surface area contributed by atoms with E-state index in [1.54, 1.807) is 6.08 Å². The monoisotopic (exact) mass is 284 g/mol. The van der Waals surface area contributed by atoms with Crippen molar-refractivity contribution in [2.75, 3.05) is 0 Å². The van der Waals surface area contributed by atoms with Crippen LogP contribution >= 0.6 is 0 Å². The average molecular weight is 284 g/mol. The normalized spacial score (nSPS) is 14.0. The van der Waals surface area contributed by atoms with Crippen molar-refractivity contribution in [3.8, 4) is 0 Å². The van der Waals surface area contributed by atoms with Crippen LogP contribution in [-0.4, -0.2) is 6.29 Å². The highest BCUT2D eigenvalue weighted by Gasteiger charge is 1.87. The van der Waals surface area contributed by atoms with Crippen molar-refractivity contribution >= 4 is 6.29 Å². The molecule has 0 saturated heterocycles. The highest BCUT2D eigenvalue weighted by Crippen LogP contribution is 2.07. The minimum absolute atomic E-state index is 0.805. The lowest BCUT2D eigenvalue weighted by Gasteiger charge is -1.96. The Hall–Kier alpha value is -1.89. The van der Waals surface area contributed by atoms with Crippen molar-refractivity contribution in [2.24, 2.45) is 0 Å². The van der Waals surface area contributed by atoms with Crippen LogP contribution in [0.1, 0.15) is 47.5 Å². The third-order valence-corrected chi connectivity index (χ3v) is 2.88. The molecule has 0 aliphatic carbocycles. The first-order chi connectivity index (χ1) is 9.95. The van der Waals surface area contributed by atoms with Gasteiger partial charge in [0.15, 0.2) is 0 Å². The minimum Gasteiger partial charge on any atom is -0.299 e. The van der Waals surface area contributed by atoms with Crippen LogP contribution in [0.3, 0.4) is 0 Å². The van der Waals surface area contributed by atoms with Gasteiger partial charge in [-0.15, -0.1) is 0 Å². The fraction of sp³-hybridized carbons (Fsp3) is 0.350. The molecule has 114 valence electrons. The molecule has 0 radical (unpaired) electrons. The fourth-order valence-corrected chi connectivity index (χ4v) is 1.61. The Labute approximate surface area is 130 Å². The van der Waals surface area contributed by atoms with Crippen LogP contribution in [0.15, 0.2) is 70.9 Å². The maximum absolute atomic E-state index is 10.3. The molecular weight excluding hydrogens is 256 g/mol. The predicted molar refractivity (Wildman–Crippen MR) is 94.3 cm³/mol. The van der Waals surface area contributed by atoms with Crippen LogP contribution in [0.5, 0.6) is 0 Å². The van der Waals surface area contributed by atoms with E-state index in [1.807, 2.05) is 25.2 Å². The van der Waals surface area contributed by atoms with Gasteiger partial charge >= 0.3 is 0 Å². The van der Waals surface area contributed by atoms with Crippen molar-refractivity contribution in [1.29, 1.82) is 0 Å².